The van der Waals surface area contributed by atoms with Gasteiger partial charge in [-0.2, -0.15) is 4.31 Å². The van der Waals surface area contributed by atoms with Crippen LogP contribution < -0.4 is 5.73 Å². The zero-order valence-electron chi connectivity index (χ0n) is 12.3. The van der Waals surface area contributed by atoms with Gasteiger partial charge in [0.25, 0.3) is 0 Å². The van der Waals surface area contributed by atoms with Crippen molar-refractivity contribution in [1.82, 2.24) is 19.3 Å². The van der Waals surface area contributed by atoms with Crippen molar-refractivity contribution in [3.8, 4) is 0 Å². The summed E-state index contributed by atoms with van der Waals surface area (Å²) in [4.78, 5) is 7.32. The van der Waals surface area contributed by atoms with E-state index in [1.807, 2.05) is 0 Å². The Balaban J connectivity index is 0.00000192. The minimum Gasteiger partial charge on any atom is -0.375 e. The summed E-state index contributed by atoms with van der Waals surface area (Å²) < 4.78 is 30.8. The Kier molecular flexibility index (Phi) is 5.98. The molecule has 0 aliphatic carbocycles. The van der Waals surface area contributed by atoms with E-state index in [0.717, 1.165) is 11.4 Å². The standard InChI is InChI=1S/C12H17N5O3S2.ClH/c13-12-14-7-11(21-12)8-16-2-4-17(5-3-16)22(18,19)9-10-1-6-20-15-10;/h1,6-7H,2-5,8-9H2,(H2,13,14);1H. The van der Waals surface area contributed by atoms with Gasteiger partial charge >= 0.3 is 0 Å². The fourth-order valence-corrected chi connectivity index (χ4v) is 4.52. The second kappa shape index (κ2) is 7.58. The molecule has 3 rings (SSSR count). The van der Waals surface area contributed by atoms with Crippen molar-refractivity contribution in [2.45, 2.75) is 12.3 Å². The second-order valence-electron chi connectivity index (χ2n) is 5.09. The number of aromatic nitrogens is 2. The lowest BCUT2D eigenvalue weighted by atomic mass is 10.3. The van der Waals surface area contributed by atoms with Crippen molar-refractivity contribution in [3.05, 3.63) is 29.1 Å². The molecule has 1 saturated heterocycles. The van der Waals surface area contributed by atoms with Gasteiger partial charge in [0.1, 0.15) is 12.0 Å². The number of nitrogen functional groups attached to an aromatic ring is 1. The lowest BCUT2D eigenvalue weighted by molar-refractivity contribution is 0.182. The lowest BCUT2D eigenvalue weighted by Gasteiger charge is -2.33. The third-order valence-corrected chi connectivity index (χ3v) is 6.12. The predicted molar refractivity (Wildman–Crippen MR) is 89.8 cm³/mol. The highest BCUT2D eigenvalue weighted by Gasteiger charge is 2.28. The summed E-state index contributed by atoms with van der Waals surface area (Å²) in [5.41, 5.74) is 6.05. The maximum absolute atomic E-state index is 12.3. The van der Waals surface area contributed by atoms with Crippen molar-refractivity contribution in [1.29, 1.82) is 0 Å². The SMILES string of the molecule is Cl.Nc1ncc(CN2CCN(S(=O)(=O)Cc3ccon3)CC2)s1. The van der Waals surface area contributed by atoms with Crippen LogP contribution in [0.15, 0.2) is 23.0 Å². The van der Waals surface area contributed by atoms with Crippen LogP contribution in [-0.2, 0) is 22.3 Å². The average Bonchev–Trinajstić information content (AvgIpc) is 3.11. The molecule has 23 heavy (non-hydrogen) atoms. The van der Waals surface area contributed by atoms with Gasteiger partial charge in [0, 0.05) is 49.9 Å². The van der Waals surface area contributed by atoms with Crippen LogP contribution in [0.3, 0.4) is 0 Å². The molecule has 2 aromatic rings. The number of piperazine rings is 1. The molecular formula is C12H18ClN5O3S2. The van der Waals surface area contributed by atoms with Gasteiger partial charge in [-0.1, -0.05) is 5.16 Å². The van der Waals surface area contributed by atoms with Crippen molar-refractivity contribution < 1.29 is 12.9 Å². The Labute approximate surface area is 144 Å². The zero-order chi connectivity index (χ0) is 15.6. The van der Waals surface area contributed by atoms with Crippen LogP contribution in [0.4, 0.5) is 5.13 Å². The topological polar surface area (TPSA) is 106 Å². The van der Waals surface area contributed by atoms with Gasteiger partial charge in [0.15, 0.2) is 5.13 Å². The van der Waals surface area contributed by atoms with Gasteiger partial charge in [0.05, 0.1) is 5.69 Å². The molecule has 0 aromatic carbocycles. The summed E-state index contributed by atoms with van der Waals surface area (Å²) in [6, 6.07) is 1.57. The highest BCUT2D eigenvalue weighted by molar-refractivity contribution is 7.88. The molecular weight excluding hydrogens is 362 g/mol. The van der Waals surface area contributed by atoms with Gasteiger partial charge in [0.2, 0.25) is 10.0 Å². The van der Waals surface area contributed by atoms with Gasteiger partial charge in [-0.25, -0.2) is 13.4 Å². The minimum absolute atomic E-state index is 0. The van der Waals surface area contributed by atoms with Gasteiger partial charge in [-0.3, -0.25) is 4.90 Å². The lowest BCUT2D eigenvalue weighted by Crippen LogP contribution is -2.48. The molecule has 2 aromatic heterocycles. The molecule has 8 nitrogen and oxygen atoms in total. The first kappa shape index (κ1) is 18.1. The van der Waals surface area contributed by atoms with E-state index in [1.54, 1.807) is 12.3 Å². The van der Waals surface area contributed by atoms with Crippen LogP contribution in [0.25, 0.3) is 0 Å². The maximum atomic E-state index is 12.3. The van der Waals surface area contributed by atoms with E-state index in [-0.39, 0.29) is 18.2 Å². The van der Waals surface area contributed by atoms with Gasteiger partial charge in [-0.15, -0.1) is 23.7 Å². The third kappa shape index (κ3) is 4.64. The first-order valence-electron chi connectivity index (χ1n) is 6.82. The van der Waals surface area contributed by atoms with E-state index in [9.17, 15) is 8.42 Å². The number of rotatable bonds is 5. The number of nitrogens with two attached hydrogens (primary N) is 1. The van der Waals surface area contributed by atoms with Crippen LogP contribution in [0.2, 0.25) is 0 Å². The molecule has 0 saturated carbocycles. The molecule has 1 aliphatic heterocycles. The fraction of sp³-hybridized carbons (Fsp3) is 0.500. The van der Waals surface area contributed by atoms with Crippen molar-refractivity contribution in [2.24, 2.45) is 0 Å². The molecule has 0 amide bonds. The molecule has 128 valence electrons. The van der Waals surface area contributed by atoms with Crippen LogP contribution >= 0.6 is 23.7 Å². The first-order chi connectivity index (χ1) is 10.5. The Morgan fingerprint density at radius 1 is 1.30 bits per heavy atom. The molecule has 0 unspecified atom stereocenters. The van der Waals surface area contributed by atoms with E-state index in [4.69, 9.17) is 5.73 Å². The van der Waals surface area contributed by atoms with Crippen LogP contribution in [0.5, 0.6) is 0 Å². The molecule has 0 radical (unpaired) electrons. The molecule has 2 N–H and O–H groups in total. The summed E-state index contributed by atoms with van der Waals surface area (Å²) >= 11 is 1.46. The number of sulfonamides is 1. The zero-order valence-corrected chi connectivity index (χ0v) is 14.7. The fourth-order valence-electron chi connectivity index (χ4n) is 2.37. The molecule has 3 heterocycles. The average molecular weight is 380 g/mol. The maximum Gasteiger partial charge on any atom is 0.220 e. The van der Waals surface area contributed by atoms with Crippen molar-refractivity contribution >= 4 is 38.9 Å². The summed E-state index contributed by atoms with van der Waals surface area (Å²) in [5.74, 6) is -0.116. The van der Waals surface area contributed by atoms with E-state index in [0.29, 0.717) is 37.0 Å². The van der Waals surface area contributed by atoms with E-state index >= 15 is 0 Å². The molecule has 0 atom stereocenters. The minimum atomic E-state index is -3.34. The number of halogens is 1. The van der Waals surface area contributed by atoms with E-state index in [1.165, 1.54) is 21.9 Å². The van der Waals surface area contributed by atoms with E-state index < -0.39 is 10.0 Å². The van der Waals surface area contributed by atoms with Crippen molar-refractivity contribution in [2.75, 3.05) is 31.9 Å². The first-order valence-corrected chi connectivity index (χ1v) is 9.25. The van der Waals surface area contributed by atoms with Crippen LogP contribution in [0, 0.1) is 0 Å². The predicted octanol–water partition coefficient (Wildman–Crippen LogP) is 0.783. The highest BCUT2D eigenvalue weighted by Crippen LogP contribution is 2.18. The van der Waals surface area contributed by atoms with Crippen LogP contribution in [-0.4, -0.2) is 53.9 Å². The number of anilines is 1. The Hall–Kier alpha value is -1.20. The molecule has 1 aliphatic rings. The Morgan fingerprint density at radius 3 is 2.61 bits per heavy atom. The quantitative estimate of drug-likeness (QED) is 0.818. The molecule has 0 spiro atoms. The monoisotopic (exact) mass is 379 g/mol. The van der Waals surface area contributed by atoms with Gasteiger partial charge in [-0.05, 0) is 0 Å². The normalized spacial score (nSPS) is 17.0. The summed E-state index contributed by atoms with van der Waals surface area (Å²) in [7, 11) is -3.34. The smallest absolute Gasteiger partial charge is 0.220 e. The highest BCUT2D eigenvalue weighted by atomic mass is 35.5. The summed E-state index contributed by atoms with van der Waals surface area (Å²) in [6.45, 7) is 3.10. The number of nitrogens with zero attached hydrogens (tertiary/aromatic N) is 4. The number of hydrogen-bond donors (Lipinski definition) is 1. The largest absolute Gasteiger partial charge is 0.375 e. The molecule has 11 heteroatoms. The summed E-state index contributed by atoms with van der Waals surface area (Å²) in [5, 5.41) is 4.22. The molecule has 1 fully saturated rings. The summed E-state index contributed by atoms with van der Waals surface area (Å²) in [6.07, 6.45) is 3.15. The Morgan fingerprint density at radius 2 is 2.04 bits per heavy atom. The van der Waals surface area contributed by atoms with Crippen LogP contribution in [0.1, 0.15) is 10.6 Å². The third-order valence-electron chi connectivity index (χ3n) is 3.50. The second-order valence-corrected chi connectivity index (χ2v) is 8.20. The molecule has 0 bridgehead atoms. The Bertz CT molecular complexity index is 711. The number of hydrogen-bond acceptors (Lipinski definition) is 8. The van der Waals surface area contributed by atoms with Gasteiger partial charge < -0.3 is 10.3 Å². The van der Waals surface area contributed by atoms with Crippen molar-refractivity contribution in [3.63, 3.8) is 0 Å². The van der Waals surface area contributed by atoms with E-state index in [2.05, 4.69) is 19.6 Å². The number of thiazole rings is 1.